The van der Waals surface area contributed by atoms with Gasteiger partial charge < -0.3 is 34.3 Å². The van der Waals surface area contributed by atoms with Crippen LogP contribution in [0.5, 0.6) is 11.5 Å². The van der Waals surface area contributed by atoms with Gasteiger partial charge in [-0.05, 0) is 61.1 Å². The Bertz CT molecular complexity index is 1380. The number of benzene rings is 2. The molecular formula is C33H41N5O6. The quantitative estimate of drug-likeness (QED) is 0.425. The van der Waals surface area contributed by atoms with Gasteiger partial charge in [-0.1, -0.05) is 24.3 Å². The molecule has 0 unspecified atom stereocenters. The molecule has 11 heteroatoms. The van der Waals surface area contributed by atoms with Gasteiger partial charge in [-0.15, -0.1) is 0 Å². The number of hydrogen-bond donors (Lipinski definition) is 2. The van der Waals surface area contributed by atoms with Crippen LogP contribution in [0.1, 0.15) is 43.2 Å². The minimum Gasteiger partial charge on any atom is -0.457 e. The lowest BCUT2D eigenvalue weighted by Crippen LogP contribution is -2.58. The largest absolute Gasteiger partial charge is 0.457 e. The van der Waals surface area contributed by atoms with Crippen molar-refractivity contribution in [3.63, 3.8) is 0 Å². The molecule has 3 amide bonds. The van der Waals surface area contributed by atoms with Gasteiger partial charge in [-0.2, -0.15) is 0 Å². The average Bonchev–Trinajstić information content (AvgIpc) is 3.55. The van der Waals surface area contributed by atoms with Gasteiger partial charge >= 0.3 is 0 Å². The van der Waals surface area contributed by atoms with E-state index in [0.717, 1.165) is 11.1 Å². The highest BCUT2D eigenvalue weighted by molar-refractivity contribution is 5.85. The van der Waals surface area contributed by atoms with E-state index in [9.17, 15) is 19.5 Å². The van der Waals surface area contributed by atoms with E-state index in [1.807, 2.05) is 59.3 Å². The number of nitrogens with one attached hydrogen (secondary N) is 1. The Morgan fingerprint density at radius 1 is 1.02 bits per heavy atom. The van der Waals surface area contributed by atoms with Crippen molar-refractivity contribution < 1.29 is 29.0 Å². The highest BCUT2D eigenvalue weighted by atomic mass is 16.5. The van der Waals surface area contributed by atoms with Crippen LogP contribution in [0.3, 0.4) is 0 Å². The van der Waals surface area contributed by atoms with Crippen molar-refractivity contribution >= 4 is 17.7 Å². The highest BCUT2D eigenvalue weighted by Crippen LogP contribution is 2.25. The van der Waals surface area contributed by atoms with Crippen molar-refractivity contribution in [3.8, 4) is 11.5 Å². The third-order valence-electron chi connectivity index (χ3n) is 8.04. The maximum Gasteiger partial charge on any atom is 0.239 e. The summed E-state index contributed by atoms with van der Waals surface area (Å²) in [7, 11) is 0. The molecule has 11 nitrogen and oxygen atoms in total. The Kier molecular flexibility index (Phi) is 11.0. The second-order valence-electron chi connectivity index (χ2n) is 11.3. The summed E-state index contributed by atoms with van der Waals surface area (Å²) in [6, 6.07) is 14.9. The monoisotopic (exact) mass is 603 g/mol. The van der Waals surface area contributed by atoms with E-state index in [4.69, 9.17) is 9.47 Å². The maximum absolute atomic E-state index is 13.4. The number of amides is 3. The van der Waals surface area contributed by atoms with E-state index in [0.29, 0.717) is 69.8 Å². The lowest BCUT2D eigenvalue weighted by atomic mass is 10.0. The molecule has 1 fully saturated rings. The molecule has 0 saturated carbocycles. The number of aliphatic hydroxyl groups excluding tert-OH is 1. The van der Waals surface area contributed by atoms with Crippen LogP contribution in [-0.4, -0.2) is 87.1 Å². The molecule has 234 valence electrons. The number of rotatable bonds is 7. The van der Waals surface area contributed by atoms with E-state index in [1.54, 1.807) is 17.4 Å². The number of ether oxygens (including phenoxy) is 2. The fourth-order valence-corrected chi connectivity index (χ4v) is 5.64. The number of nitrogens with zero attached hydrogens (tertiary/aromatic N) is 4. The number of carbonyl (C=O) groups excluding carboxylic acids is 3. The van der Waals surface area contributed by atoms with Crippen LogP contribution >= 0.6 is 0 Å². The number of aryl methyl sites for hydroxylation is 2. The third kappa shape index (κ3) is 8.90. The van der Waals surface area contributed by atoms with Gasteiger partial charge in [0, 0.05) is 58.0 Å². The fourth-order valence-electron chi connectivity index (χ4n) is 5.64. The Labute approximate surface area is 257 Å². The number of aromatic nitrogens is 2. The first-order chi connectivity index (χ1) is 21.5. The van der Waals surface area contributed by atoms with Crippen molar-refractivity contribution in [1.82, 2.24) is 24.7 Å². The van der Waals surface area contributed by atoms with Crippen molar-refractivity contribution in [3.05, 3.63) is 78.4 Å². The summed E-state index contributed by atoms with van der Waals surface area (Å²) >= 11 is 0. The van der Waals surface area contributed by atoms with Gasteiger partial charge in [0.05, 0.1) is 31.6 Å². The molecule has 0 aliphatic carbocycles. The van der Waals surface area contributed by atoms with E-state index < -0.39 is 6.04 Å². The molecule has 2 N–H and O–H groups in total. The van der Waals surface area contributed by atoms with Crippen molar-refractivity contribution in [1.29, 1.82) is 0 Å². The van der Waals surface area contributed by atoms with Crippen LogP contribution < -0.4 is 10.1 Å². The molecule has 4 bridgehead atoms. The number of piperidine rings is 1. The number of likely N-dealkylation sites (tertiary alicyclic amines) is 1. The van der Waals surface area contributed by atoms with E-state index in [-0.39, 0.29) is 49.9 Å². The van der Waals surface area contributed by atoms with Gasteiger partial charge in [-0.3, -0.25) is 14.4 Å². The first kappa shape index (κ1) is 31.2. The molecule has 1 saturated heterocycles. The second-order valence-corrected chi connectivity index (χ2v) is 11.3. The minimum absolute atomic E-state index is 0.0322. The Balaban J connectivity index is 1.31. The van der Waals surface area contributed by atoms with Gasteiger partial charge in [-0.25, -0.2) is 4.98 Å². The second kappa shape index (κ2) is 15.5. The molecule has 2 aromatic carbocycles. The SMILES string of the molecule is O=C1CN(CCCO)C(=O)CCc2ccc(cc2)Oc2cccc(c2)CO[C@H]2CCN(C(=O)CCCn3ccnc3)C[C@@H]2N1. The van der Waals surface area contributed by atoms with Crippen molar-refractivity contribution in [2.45, 2.75) is 63.8 Å². The summed E-state index contributed by atoms with van der Waals surface area (Å²) in [6.45, 7) is 1.93. The average molecular weight is 604 g/mol. The Hall–Kier alpha value is -4.22. The predicted octanol–water partition coefficient (Wildman–Crippen LogP) is 2.92. The van der Waals surface area contributed by atoms with Crippen molar-refractivity contribution in [2.75, 3.05) is 32.8 Å². The normalized spacial score (nSPS) is 19.8. The molecular weight excluding hydrogens is 562 g/mol. The highest BCUT2D eigenvalue weighted by Gasteiger charge is 2.33. The maximum atomic E-state index is 13.4. The summed E-state index contributed by atoms with van der Waals surface area (Å²) < 4.78 is 14.4. The molecule has 3 aliphatic heterocycles. The number of carbonyl (C=O) groups is 3. The number of hydrogen-bond acceptors (Lipinski definition) is 7. The first-order valence-electron chi connectivity index (χ1n) is 15.4. The lowest BCUT2D eigenvalue weighted by molar-refractivity contribution is -0.139. The Morgan fingerprint density at radius 2 is 1.89 bits per heavy atom. The molecule has 3 aliphatic rings. The Morgan fingerprint density at radius 3 is 2.68 bits per heavy atom. The number of aliphatic hydroxyl groups is 1. The van der Waals surface area contributed by atoms with Gasteiger partial charge in [0.25, 0.3) is 0 Å². The summed E-state index contributed by atoms with van der Waals surface area (Å²) in [5.41, 5.74) is 1.91. The van der Waals surface area contributed by atoms with Crippen LogP contribution in [-0.2, 0) is 38.7 Å². The van der Waals surface area contributed by atoms with Crippen LogP contribution in [0.15, 0.2) is 67.3 Å². The van der Waals surface area contributed by atoms with Crippen molar-refractivity contribution in [2.24, 2.45) is 0 Å². The van der Waals surface area contributed by atoms with Crippen LogP contribution in [0.4, 0.5) is 0 Å². The summed E-state index contributed by atoms with van der Waals surface area (Å²) in [5.74, 6) is 0.936. The van der Waals surface area contributed by atoms with Gasteiger partial charge in [0.2, 0.25) is 17.7 Å². The van der Waals surface area contributed by atoms with Gasteiger partial charge in [0.15, 0.2) is 0 Å². The predicted molar refractivity (Wildman–Crippen MR) is 163 cm³/mol. The molecule has 3 aromatic rings. The zero-order valence-corrected chi connectivity index (χ0v) is 25.0. The summed E-state index contributed by atoms with van der Waals surface area (Å²) in [4.78, 5) is 47.0. The lowest BCUT2D eigenvalue weighted by Gasteiger charge is -2.39. The van der Waals surface area contributed by atoms with E-state index in [1.165, 1.54) is 4.90 Å². The molecule has 6 rings (SSSR count). The van der Waals surface area contributed by atoms with Crippen LogP contribution in [0, 0.1) is 0 Å². The van der Waals surface area contributed by atoms with Gasteiger partial charge in [0.1, 0.15) is 11.5 Å². The number of fused-ring (bicyclic) bond motifs is 9. The summed E-state index contributed by atoms with van der Waals surface area (Å²) in [6.07, 6.45) is 7.77. The topological polar surface area (TPSA) is 126 Å². The number of imidazole rings is 1. The summed E-state index contributed by atoms with van der Waals surface area (Å²) in [5, 5.41) is 12.5. The zero-order valence-electron chi connectivity index (χ0n) is 25.0. The molecule has 2 atom stereocenters. The molecule has 0 radical (unpaired) electrons. The van der Waals surface area contributed by atoms with Crippen LogP contribution in [0.25, 0.3) is 0 Å². The minimum atomic E-state index is -0.444. The first-order valence-corrected chi connectivity index (χ1v) is 15.4. The van der Waals surface area contributed by atoms with E-state index in [2.05, 4.69) is 10.3 Å². The molecule has 1 aromatic heterocycles. The smallest absolute Gasteiger partial charge is 0.239 e. The molecule has 4 heterocycles. The van der Waals surface area contributed by atoms with E-state index >= 15 is 0 Å². The third-order valence-corrected chi connectivity index (χ3v) is 8.04. The molecule has 44 heavy (non-hydrogen) atoms. The zero-order chi connectivity index (χ0) is 30.7. The molecule has 0 spiro atoms. The van der Waals surface area contributed by atoms with Crippen LogP contribution in [0.2, 0.25) is 0 Å². The standard InChI is InChI=1S/C33H41N5O6/c39-19-3-16-37-22-31(40)35-29-21-38(32(41)6-2-15-36-18-14-34-24-36)17-13-30(29)43-23-26-4-1-5-28(20-26)44-27-10-7-25(8-11-27)9-12-33(37)42/h1,4-5,7-8,10-11,14,18,20,24,29-30,39H,2-3,6,9,12-13,15-17,19,21-23H2,(H,35,40)/t29-,30-/m0/s1. The fraction of sp³-hybridized carbons (Fsp3) is 0.455.